The Morgan fingerprint density at radius 2 is 1.00 bits per heavy atom. The number of alkyl halides is 2. The Morgan fingerprint density at radius 1 is 0.632 bits per heavy atom. The summed E-state index contributed by atoms with van der Waals surface area (Å²) in [7, 11) is 0. The van der Waals surface area contributed by atoms with Crippen molar-refractivity contribution in [1.82, 2.24) is 9.97 Å². The maximum atomic E-state index is 11.2. The van der Waals surface area contributed by atoms with Crippen molar-refractivity contribution in [2.45, 2.75) is 81.4 Å². The molecule has 0 aliphatic carbocycles. The average Bonchev–Trinajstić information content (AvgIpc) is 3.98. The number of carboxylic acids is 1. The molecule has 0 atom stereocenters. The smallest absolute Gasteiger partial charge is 0.355 e. The lowest BCUT2D eigenvalue weighted by Crippen LogP contribution is -2.19. The Labute approximate surface area is 428 Å². The van der Waals surface area contributed by atoms with Gasteiger partial charge in [-0.25, -0.2) is 14.8 Å². The molecule has 0 saturated heterocycles. The summed E-state index contributed by atoms with van der Waals surface area (Å²) in [6.45, 7) is 9.14. The highest BCUT2D eigenvalue weighted by Gasteiger charge is 2.28. The van der Waals surface area contributed by atoms with Crippen LogP contribution < -0.4 is 24.7 Å². The van der Waals surface area contributed by atoms with Crippen LogP contribution in [-0.2, 0) is 24.0 Å². The fourth-order valence-electron chi connectivity index (χ4n) is 6.17. The number of rotatable bonds is 18. The van der Waals surface area contributed by atoms with E-state index in [2.05, 4.69) is 36.0 Å². The first-order valence-electron chi connectivity index (χ1n) is 19.3. The first-order valence-corrected chi connectivity index (χ1v) is 22.8. The van der Waals surface area contributed by atoms with Crippen LogP contribution in [0.4, 0.5) is 0 Å². The van der Waals surface area contributed by atoms with Crippen LogP contribution in [0.5, 0.6) is 23.0 Å². The minimum absolute atomic E-state index is 0. The van der Waals surface area contributed by atoms with Crippen molar-refractivity contribution in [3.05, 3.63) is 148 Å². The second-order valence-corrected chi connectivity index (χ2v) is 18.2. The van der Waals surface area contributed by atoms with Gasteiger partial charge in [0.2, 0.25) is 0 Å². The highest BCUT2D eigenvalue weighted by molar-refractivity contribution is 7.10. The fourth-order valence-corrected chi connectivity index (χ4v) is 8.25. The molecule has 2 heterocycles. The maximum Gasteiger partial charge on any atom is 0.355 e. The van der Waals surface area contributed by atoms with E-state index in [1.54, 1.807) is 23.6 Å². The molecular formula is C50H57Cl4N5O7S2. The van der Waals surface area contributed by atoms with Gasteiger partial charge in [0.05, 0.1) is 32.9 Å². The number of benzene rings is 4. The first kappa shape index (κ1) is 60.4. The van der Waals surface area contributed by atoms with E-state index in [0.717, 1.165) is 22.3 Å². The van der Waals surface area contributed by atoms with Gasteiger partial charge in [-0.3, -0.25) is 4.79 Å². The van der Waals surface area contributed by atoms with E-state index in [-0.39, 0.29) is 67.5 Å². The van der Waals surface area contributed by atoms with Gasteiger partial charge in [-0.15, -0.1) is 45.9 Å². The predicted octanol–water partition coefficient (Wildman–Crippen LogP) is 13.7. The number of carbonyl (C=O) groups is 2. The third-order valence-electron chi connectivity index (χ3n) is 9.87. The van der Waals surface area contributed by atoms with Crippen molar-refractivity contribution in [3.63, 3.8) is 0 Å². The molecule has 0 saturated carbocycles. The number of amides is 1. The molecule has 0 bridgehead atoms. The predicted molar refractivity (Wildman–Crippen MR) is 277 cm³/mol. The lowest BCUT2D eigenvalue weighted by molar-refractivity contribution is 0.0690. The normalized spacial score (nSPS) is 10.4. The summed E-state index contributed by atoms with van der Waals surface area (Å²) >= 11 is 26.7. The van der Waals surface area contributed by atoms with Crippen LogP contribution in [0.2, 0.25) is 10.0 Å². The molecule has 2 aromatic heterocycles. The van der Waals surface area contributed by atoms with E-state index in [1.807, 2.05) is 68.4 Å². The Morgan fingerprint density at radius 3 is 1.31 bits per heavy atom. The van der Waals surface area contributed by atoms with Crippen molar-refractivity contribution in [2.24, 2.45) is 5.73 Å². The lowest BCUT2D eigenvalue weighted by atomic mass is 9.77. The van der Waals surface area contributed by atoms with Crippen LogP contribution >= 0.6 is 69.1 Å². The third-order valence-corrected chi connectivity index (χ3v) is 12.4. The number of hydrogen-bond donors (Lipinski definition) is 2. The number of thiazole rings is 2. The Kier molecular flexibility index (Phi) is 24.4. The van der Waals surface area contributed by atoms with Gasteiger partial charge < -0.3 is 29.8 Å². The van der Waals surface area contributed by atoms with Gasteiger partial charge in [0.15, 0.2) is 17.2 Å². The lowest BCUT2D eigenvalue weighted by Gasteiger charge is -2.27. The van der Waals surface area contributed by atoms with Crippen LogP contribution in [0.1, 0.15) is 122 Å². The van der Waals surface area contributed by atoms with Gasteiger partial charge in [0, 0.05) is 21.6 Å². The standard InChI is InChI=1S/C23H21Cl2N3O3S.C23H20Cl2N2O4S.4CH4/c1-23(2,16-9-14(11-26)21(18(25)10-16)30-8-7-24)15-3-5-17(6-4-15)31-12-20-28-19(13-32-20)22(27)29;1-23(2,16-9-14(11-26)21(18(25)10-16)30-8-7-24)15-3-5-17(6-4-15)31-12-20-27-19(13-32-20)22(28)29;;;;/h3-6,9-10,13H,7-8,12H2,1-2H3,(H2,27,29);3-6,9-10,13H,7-8,12H2,1-2H3,(H,28,29);4*1H4. The molecule has 0 unspecified atom stereocenters. The summed E-state index contributed by atoms with van der Waals surface area (Å²) in [6, 6.07) is 26.7. The summed E-state index contributed by atoms with van der Waals surface area (Å²) in [6.07, 6.45) is 0. The molecule has 364 valence electrons. The Hall–Kier alpha value is -5.58. The van der Waals surface area contributed by atoms with E-state index < -0.39 is 22.7 Å². The number of nitrogens with two attached hydrogens (primary N) is 1. The largest absolute Gasteiger partial charge is 0.489 e. The van der Waals surface area contributed by atoms with Crippen molar-refractivity contribution < 1.29 is 33.6 Å². The van der Waals surface area contributed by atoms with Crippen molar-refractivity contribution in [1.29, 1.82) is 10.5 Å². The summed E-state index contributed by atoms with van der Waals surface area (Å²) < 4.78 is 22.6. The van der Waals surface area contributed by atoms with E-state index in [0.29, 0.717) is 65.9 Å². The van der Waals surface area contributed by atoms with E-state index >= 15 is 0 Å². The molecule has 6 rings (SSSR count). The molecule has 0 aliphatic heterocycles. The van der Waals surface area contributed by atoms with Crippen molar-refractivity contribution in [3.8, 4) is 35.1 Å². The van der Waals surface area contributed by atoms with Gasteiger partial charge in [-0.05, 0) is 70.8 Å². The second kappa shape index (κ2) is 27.4. The molecule has 4 aromatic carbocycles. The van der Waals surface area contributed by atoms with Crippen LogP contribution in [-0.4, -0.2) is 51.9 Å². The molecule has 0 aliphatic rings. The topological polar surface area (TPSA) is 191 Å². The minimum atomic E-state index is -1.06. The molecule has 18 heteroatoms. The van der Waals surface area contributed by atoms with Crippen LogP contribution in [0.15, 0.2) is 83.6 Å². The zero-order chi connectivity index (χ0) is 46.6. The number of nitrogens with zero attached hydrogens (tertiary/aromatic N) is 4. The number of aromatic carboxylic acids is 1. The molecule has 3 N–H and O–H groups in total. The molecule has 12 nitrogen and oxygen atoms in total. The molecule has 0 radical (unpaired) electrons. The van der Waals surface area contributed by atoms with Gasteiger partial charge in [-0.2, -0.15) is 10.5 Å². The molecular weight excluding hydrogens is 989 g/mol. The summed E-state index contributed by atoms with van der Waals surface area (Å²) in [5.74, 6) is 0.975. The van der Waals surface area contributed by atoms with Crippen molar-refractivity contribution in [2.75, 3.05) is 25.0 Å². The third kappa shape index (κ3) is 15.2. The molecule has 6 aromatic rings. The molecule has 0 fully saturated rings. The van der Waals surface area contributed by atoms with Gasteiger partial charge in [0.25, 0.3) is 5.91 Å². The van der Waals surface area contributed by atoms with Crippen LogP contribution in [0.25, 0.3) is 0 Å². The number of aromatic nitrogens is 2. The number of ether oxygens (including phenoxy) is 4. The van der Waals surface area contributed by atoms with Gasteiger partial charge in [-0.1, -0.05) is 105 Å². The monoisotopic (exact) mass is 1040 g/mol. The van der Waals surface area contributed by atoms with E-state index in [1.165, 1.54) is 28.1 Å². The van der Waals surface area contributed by atoms with Gasteiger partial charge in [0.1, 0.15) is 65.8 Å². The first-order chi connectivity index (χ1) is 30.5. The summed E-state index contributed by atoms with van der Waals surface area (Å²) in [5, 5.41) is 33.1. The highest BCUT2D eigenvalue weighted by Crippen LogP contribution is 2.40. The minimum Gasteiger partial charge on any atom is -0.489 e. The summed E-state index contributed by atoms with van der Waals surface area (Å²) in [5.41, 5.74) is 9.10. The molecule has 68 heavy (non-hydrogen) atoms. The SMILES string of the molecule is C.C.C.C.CC(C)(c1ccc(OCc2nc(C(=O)O)cs2)cc1)c1cc(Cl)c(OCCCl)c(C#N)c1.CC(C)(c1ccc(OCc2nc(C(N)=O)cs2)cc1)c1cc(Cl)c(OCCCl)c(C#N)c1. The maximum absolute atomic E-state index is 11.2. The number of carboxylic acid groups (broad SMARTS) is 1. The quantitative estimate of drug-likeness (QED) is 0.0779. The Bertz CT molecular complexity index is 2490. The number of primary amides is 1. The molecule has 1 amide bonds. The number of nitriles is 2. The van der Waals surface area contributed by atoms with Crippen molar-refractivity contribution >= 4 is 81.0 Å². The fraction of sp³-hybridized carbons (Fsp3) is 0.320. The van der Waals surface area contributed by atoms with Crippen LogP contribution in [0.3, 0.4) is 0 Å². The van der Waals surface area contributed by atoms with E-state index in [4.69, 9.17) is 76.2 Å². The Balaban J connectivity index is 0.000000642. The zero-order valence-electron chi connectivity index (χ0n) is 34.9. The highest BCUT2D eigenvalue weighted by atomic mass is 35.5. The average molecular weight is 1050 g/mol. The van der Waals surface area contributed by atoms with E-state index in [9.17, 15) is 20.1 Å². The zero-order valence-corrected chi connectivity index (χ0v) is 39.6. The summed E-state index contributed by atoms with van der Waals surface area (Å²) in [4.78, 5) is 30.2. The number of halogens is 4. The van der Waals surface area contributed by atoms with Gasteiger partial charge >= 0.3 is 5.97 Å². The number of hydrogen-bond acceptors (Lipinski definition) is 12. The van der Waals surface area contributed by atoms with Crippen LogP contribution in [0, 0.1) is 22.7 Å². The molecule has 0 spiro atoms. The second-order valence-electron chi connectivity index (χ2n) is 14.8. The number of carbonyl (C=O) groups excluding carboxylic acids is 1.